The van der Waals surface area contributed by atoms with Crippen molar-refractivity contribution in [2.75, 3.05) is 32.2 Å². The molecule has 6 heteroatoms. The SMILES string of the molecule is COc1cc2c(cc1OC)N1C(=O)C[C@@]34CC[C@@H]5[C@H]2CCN(CC([Se]c2ccccc2)C3)[C@@]514. The molecule has 1 saturated carbocycles. The van der Waals surface area contributed by atoms with Crippen LogP contribution in [0.15, 0.2) is 42.5 Å². The van der Waals surface area contributed by atoms with Crippen LogP contribution in [0.1, 0.15) is 43.6 Å². The molecule has 4 fully saturated rings. The van der Waals surface area contributed by atoms with Gasteiger partial charge in [-0.3, -0.25) is 0 Å². The molecule has 1 amide bonds. The Hall–Kier alpha value is -2.01. The van der Waals surface area contributed by atoms with Crippen LogP contribution in [-0.4, -0.2) is 58.7 Å². The third-order valence-corrected chi connectivity index (χ3v) is 11.8. The van der Waals surface area contributed by atoms with E-state index in [9.17, 15) is 4.79 Å². The summed E-state index contributed by atoms with van der Waals surface area (Å²) in [6.45, 7) is 2.20. The zero-order valence-electron chi connectivity index (χ0n) is 19.3. The Balaban J connectivity index is 1.36. The van der Waals surface area contributed by atoms with Crippen molar-refractivity contribution in [1.29, 1.82) is 0 Å². The van der Waals surface area contributed by atoms with E-state index in [-0.39, 0.29) is 11.1 Å². The molecule has 4 aliphatic heterocycles. The maximum atomic E-state index is 13.8. The molecule has 2 aromatic rings. The Morgan fingerprint density at radius 2 is 1.85 bits per heavy atom. The Kier molecular flexibility index (Phi) is 4.32. The van der Waals surface area contributed by atoms with Crippen molar-refractivity contribution < 1.29 is 14.3 Å². The van der Waals surface area contributed by atoms with E-state index in [1.165, 1.54) is 29.3 Å². The summed E-state index contributed by atoms with van der Waals surface area (Å²) in [5, 5.41) is 0. The van der Waals surface area contributed by atoms with Crippen LogP contribution in [0.5, 0.6) is 11.5 Å². The molecule has 4 heterocycles. The number of carbonyl (C=O) groups is 1. The number of ether oxygens (including phenoxy) is 2. The molecule has 1 spiro atoms. The van der Waals surface area contributed by atoms with Crippen LogP contribution in [0.3, 0.4) is 0 Å². The van der Waals surface area contributed by atoms with E-state index in [2.05, 4.69) is 52.3 Å². The van der Waals surface area contributed by atoms with Gasteiger partial charge in [-0.2, -0.15) is 0 Å². The van der Waals surface area contributed by atoms with E-state index in [1.54, 1.807) is 14.2 Å². The number of anilines is 1. The fraction of sp³-hybridized carbons (Fsp3) is 0.519. The Morgan fingerprint density at radius 3 is 2.64 bits per heavy atom. The van der Waals surface area contributed by atoms with Crippen LogP contribution in [0, 0.1) is 11.3 Å². The van der Waals surface area contributed by atoms with Crippen molar-refractivity contribution in [3.05, 3.63) is 48.0 Å². The van der Waals surface area contributed by atoms with Crippen LogP contribution in [-0.2, 0) is 4.79 Å². The Labute approximate surface area is 201 Å². The zero-order chi connectivity index (χ0) is 22.4. The molecule has 3 saturated heterocycles. The van der Waals surface area contributed by atoms with Gasteiger partial charge in [0.05, 0.1) is 0 Å². The van der Waals surface area contributed by atoms with Gasteiger partial charge in [0.15, 0.2) is 0 Å². The molecule has 5 aliphatic rings. The number of hydrogen-bond donors (Lipinski definition) is 0. The molecule has 0 aromatic heterocycles. The Morgan fingerprint density at radius 1 is 1.06 bits per heavy atom. The molecule has 2 aromatic carbocycles. The minimum atomic E-state index is -0.136. The monoisotopic (exact) mass is 510 g/mol. The fourth-order valence-electron chi connectivity index (χ4n) is 8.39. The van der Waals surface area contributed by atoms with Crippen molar-refractivity contribution >= 4 is 31.0 Å². The number of nitrogens with zero attached hydrogens (tertiary/aromatic N) is 2. The van der Waals surface area contributed by atoms with E-state index >= 15 is 0 Å². The number of benzene rings is 2. The van der Waals surface area contributed by atoms with Crippen LogP contribution < -0.4 is 18.8 Å². The van der Waals surface area contributed by atoms with E-state index in [0.29, 0.717) is 43.9 Å². The molecule has 0 N–H and O–H groups in total. The number of fused-ring (bicyclic) bond motifs is 3. The number of methoxy groups -OCH3 is 2. The normalized spacial score (nSPS) is 35.9. The van der Waals surface area contributed by atoms with Crippen LogP contribution in [0.2, 0.25) is 4.82 Å². The second-order valence-corrected chi connectivity index (χ2v) is 13.3. The van der Waals surface area contributed by atoms with E-state index < -0.39 is 0 Å². The van der Waals surface area contributed by atoms with Crippen molar-refractivity contribution in [3.8, 4) is 11.5 Å². The molecule has 5 nitrogen and oxygen atoms in total. The van der Waals surface area contributed by atoms with Gasteiger partial charge in [0.25, 0.3) is 0 Å². The first-order chi connectivity index (χ1) is 16.1. The molecule has 5 atom stereocenters. The minimum absolute atomic E-state index is 0.0811. The number of rotatable bonds is 4. The summed E-state index contributed by atoms with van der Waals surface area (Å²) in [5.74, 6) is 2.83. The van der Waals surface area contributed by atoms with Crippen LogP contribution >= 0.6 is 0 Å². The van der Waals surface area contributed by atoms with Gasteiger partial charge in [-0.05, 0) is 0 Å². The van der Waals surface area contributed by atoms with E-state index in [1.807, 2.05) is 0 Å². The van der Waals surface area contributed by atoms with Crippen molar-refractivity contribution in [3.63, 3.8) is 0 Å². The molecule has 33 heavy (non-hydrogen) atoms. The number of amides is 1. The summed E-state index contributed by atoms with van der Waals surface area (Å²) in [6, 6.07) is 15.3. The number of hydrogen-bond acceptors (Lipinski definition) is 4. The molecular formula is C27H30N2O3Se. The molecule has 172 valence electrons. The molecule has 0 radical (unpaired) electrons. The second-order valence-electron chi connectivity index (χ2n) is 10.4. The first-order valence-corrected chi connectivity index (χ1v) is 14.0. The van der Waals surface area contributed by atoms with E-state index in [0.717, 1.165) is 36.7 Å². The quantitative estimate of drug-likeness (QED) is 0.592. The van der Waals surface area contributed by atoms with Gasteiger partial charge >= 0.3 is 202 Å². The maximum absolute atomic E-state index is 13.8. The number of carbonyl (C=O) groups excluding carboxylic acids is 1. The second kappa shape index (κ2) is 7.00. The molecule has 1 unspecified atom stereocenters. The first kappa shape index (κ1) is 20.4. The van der Waals surface area contributed by atoms with Crippen molar-refractivity contribution in [2.45, 2.75) is 48.5 Å². The van der Waals surface area contributed by atoms with E-state index in [4.69, 9.17) is 9.47 Å². The summed E-state index contributed by atoms with van der Waals surface area (Å²) in [6.07, 6.45) is 5.45. The topological polar surface area (TPSA) is 42.0 Å². The predicted molar refractivity (Wildman–Crippen MR) is 129 cm³/mol. The molecule has 2 bridgehead atoms. The van der Waals surface area contributed by atoms with Gasteiger partial charge < -0.3 is 0 Å². The molecular weight excluding hydrogens is 479 g/mol. The fourth-order valence-corrected chi connectivity index (χ4v) is 11.2. The number of piperidine rings is 2. The van der Waals surface area contributed by atoms with Crippen molar-refractivity contribution in [2.24, 2.45) is 11.3 Å². The third-order valence-electron chi connectivity index (χ3n) is 9.25. The van der Waals surface area contributed by atoms with Gasteiger partial charge in [0.2, 0.25) is 0 Å². The summed E-state index contributed by atoms with van der Waals surface area (Å²) < 4.78 is 12.8. The standard InChI is InChI=1S/C27H30N2O3Se/c1-31-23-12-20-19-9-11-28-16-18(33-17-6-4-3-5-7-17)14-26-10-8-21(19)27(26,28)29(25(30)15-26)22(20)13-24(23)32-2/h3-7,12-13,18-19,21H,8-11,14-16H2,1-2H3/t18?,19-,21+,26+,27-/m0/s1. The first-order valence-electron chi connectivity index (χ1n) is 12.2. The Bertz CT molecular complexity index is 1140. The third kappa shape index (κ3) is 2.45. The van der Waals surface area contributed by atoms with Gasteiger partial charge in [0.1, 0.15) is 0 Å². The van der Waals surface area contributed by atoms with Crippen LogP contribution in [0.4, 0.5) is 5.69 Å². The summed E-state index contributed by atoms with van der Waals surface area (Å²) in [4.78, 5) is 19.5. The summed E-state index contributed by atoms with van der Waals surface area (Å²) in [7, 11) is 3.39. The average molecular weight is 510 g/mol. The predicted octanol–water partition coefficient (Wildman–Crippen LogP) is 3.56. The van der Waals surface area contributed by atoms with Crippen molar-refractivity contribution in [1.82, 2.24) is 4.90 Å². The zero-order valence-corrected chi connectivity index (χ0v) is 21.0. The van der Waals surface area contributed by atoms with Gasteiger partial charge in [-0.25, -0.2) is 0 Å². The summed E-state index contributed by atoms with van der Waals surface area (Å²) in [5.41, 5.74) is 2.32. The van der Waals surface area contributed by atoms with Crippen LogP contribution in [0.25, 0.3) is 0 Å². The van der Waals surface area contributed by atoms with Gasteiger partial charge in [0, 0.05) is 0 Å². The molecule has 7 rings (SSSR count). The summed E-state index contributed by atoms with van der Waals surface area (Å²) >= 11 is 0.437. The molecule has 1 aliphatic carbocycles. The van der Waals surface area contributed by atoms with Gasteiger partial charge in [-0.1, -0.05) is 0 Å². The van der Waals surface area contributed by atoms with Gasteiger partial charge in [-0.15, -0.1) is 0 Å². The average Bonchev–Trinajstić information content (AvgIpc) is 3.29.